The van der Waals surface area contributed by atoms with Crippen molar-refractivity contribution in [3.63, 3.8) is 0 Å². The number of hydrogen-bond acceptors (Lipinski definition) is 4. The third kappa shape index (κ3) is 3.33. The van der Waals surface area contributed by atoms with Gasteiger partial charge in [-0.3, -0.25) is 13.8 Å². The van der Waals surface area contributed by atoms with E-state index >= 15 is 0 Å². The van der Waals surface area contributed by atoms with Gasteiger partial charge in [0.2, 0.25) is 5.78 Å². The molecule has 0 aliphatic heterocycles. The van der Waals surface area contributed by atoms with E-state index in [9.17, 15) is 4.79 Å². The van der Waals surface area contributed by atoms with Crippen molar-refractivity contribution in [1.29, 1.82) is 0 Å². The van der Waals surface area contributed by atoms with E-state index in [1.54, 1.807) is 16.7 Å². The number of benzene rings is 2. The van der Waals surface area contributed by atoms with Gasteiger partial charge in [-0.1, -0.05) is 60.1 Å². The molecule has 0 bridgehead atoms. The first kappa shape index (κ1) is 18.3. The van der Waals surface area contributed by atoms with Gasteiger partial charge in [-0.2, -0.15) is 0 Å². The van der Waals surface area contributed by atoms with Crippen molar-refractivity contribution >= 4 is 51.6 Å². The molecule has 0 saturated carbocycles. The number of fused-ring (bicyclic) bond motifs is 3. The van der Waals surface area contributed by atoms with Crippen LogP contribution in [0.4, 0.5) is 0 Å². The van der Waals surface area contributed by atoms with Crippen molar-refractivity contribution in [2.45, 2.75) is 30.8 Å². The van der Waals surface area contributed by atoms with Crippen LogP contribution in [0.1, 0.15) is 18.9 Å². The van der Waals surface area contributed by atoms with Crippen molar-refractivity contribution in [3.8, 4) is 0 Å². The van der Waals surface area contributed by atoms with Gasteiger partial charge in [-0.15, -0.1) is 10.2 Å². The zero-order valence-electron chi connectivity index (χ0n) is 14.5. The molecule has 0 aliphatic rings. The molecule has 0 aliphatic carbocycles. The molecule has 0 amide bonds. The maximum absolute atomic E-state index is 12.9. The van der Waals surface area contributed by atoms with Crippen LogP contribution in [0.15, 0.2) is 52.4 Å². The third-order valence-electron chi connectivity index (χ3n) is 4.29. The molecule has 0 radical (unpaired) electrons. The lowest BCUT2D eigenvalue weighted by Gasteiger charge is -2.11. The molecule has 5 nitrogen and oxygen atoms in total. The van der Waals surface area contributed by atoms with Crippen LogP contribution >= 0.6 is 35.0 Å². The Morgan fingerprint density at radius 1 is 1.11 bits per heavy atom. The predicted octanol–water partition coefficient (Wildman–Crippen LogP) is 5.05. The number of aromatic nitrogens is 4. The smallest absolute Gasteiger partial charge is 0.262 e. The third-order valence-corrected chi connectivity index (χ3v) is 5.88. The largest absolute Gasteiger partial charge is 0.276 e. The molecule has 4 rings (SSSR count). The summed E-state index contributed by atoms with van der Waals surface area (Å²) in [4.78, 5) is 12.9. The molecule has 0 spiro atoms. The molecular weight excluding hydrogens is 403 g/mol. The topological polar surface area (TPSA) is 52.2 Å². The quantitative estimate of drug-likeness (QED) is 0.425. The van der Waals surface area contributed by atoms with Gasteiger partial charge in [0, 0.05) is 22.3 Å². The Kier molecular flexibility index (Phi) is 5.12. The first-order valence-electron chi connectivity index (χ1n) is 8.53. The normalized spacial score (nSPS) is 11.5. The highest BCUT2D eigenvalue weighted by Gasteiger charge is 2.17. The number of aryl methyl sites for hydroxylation is 1. The summed E-state index contributed by atoms with van der Waals surface area (Å²) in [6, 6.07) is 13.0. The van der Waals surface area contributed by atoms with Crippen LogP contribution in [-0.4, -0.2) is 19.2 Å². The fraction of sp³-hybridized carbons (Fsp3) is 0.211. The lowest BCUT2D eigenvalue weighted by molar-refractivity contribution is 0.662. The van der Waals surface area contributed by atoms with Crippen LogP contribution in [0.25, 0.3) is 16.7 Å². The van der Waals surface area contributed by atoms with Gasteiger partial charge >= 0.3 is 0 Å². The second kappa shape index (κ2) is 7.54. The molecule has 0 fully saturated rings. The maximum atomic E-state index is 12.9. The molecule has 0 N–H and O–H groups in total. The Morgan fingerprint density at radius 3 is 2.70 bits per heavy atom. The van der Waals surface area contributed by atoms with Crippen molar-refractivity contribution in [2.24, 2.45) is 0 Å². The molecule has 4 aromatic rings. The highest BCUT2D eigenvalue weighted by atomic mass is 35.5. The number of halogens is 2. The van der Waals surface area contributed by atoms with E-state index in [0.29, 0.717) is 33.6 Å². The molecule has 0 unspecified atom stereocenters. The van der Waals surface area contributed by atoms with Gasteiger partial charge in [0.05, 0.1) is 10.9 Å². The average Bonchev–Trinajstić information content (AvgIpc) is 3.08. The Morgan fingerprint density at radius 2 is 1.93 bits per heavy atom. The standard InChI is InChI=1S/C19H16Cl2N4OS/c1-2-9-24-17(26)14-10-13(20)7-8-16(14)25-18(24)22-23-19(25)27-11-12-5-3-4-6-15(12)21/h3-8,10H,2,9,11H2,1H3. The summed E-state index contributed by atoms with van der Waals surface area (Å²) < 4.78 is 3.58. The molecular formula is C19H16Cl2N4OS. The number of thioether (sulfide) groups is 1. The number of nitrogens with zero attached hydrogens (tertiary/aromatic N) is 4. The van der Waals surface area contributed by atoms with Crippen molar-refractivity contribution in [1.82, 2.24) is 19.2 Å². The van der Waals surface area contributed by atoms with Gasteiger partial charge in [0.15, 0.2) is 5.16 Å². The summed E-state index contributed by atoms with van der Waals surface area (Å²) in [5.41, 5.74) is 1.67. The Balaban J connectivity index is 1.89. The second-order valence-electron chi connectivity index (χ2n) is 6.12. The Labute approximate surface area is 169 Å². The van der Waals surface area contributed by atoms with Gasteiger partial charge in [-0.25, -0.2) is 0 Å². The average molecular weight is 419 g/mol. The van der Waals surface area contributed by atoms with Crippen LogP contribution in [0.3, 0.4) is 0 Å². The highest BCUT2D eigenvalue weighted by Crippen LogP contribution is 2.28. The minimum Gasteiger partial charge on any atom is -0.276 e. The first-order chi connectivity index (χ1) is 13.1. The SMILES string of the molecule is CCCn1c(=O)c2cc(Cl)ccc2n2c(SCc3ccccc3Cl)nnc12. The van der Waals surface area contributed by atoms with E-state index < -0.39 is 0 Å². The van der Waals surface area contributed by atoms with E-state index in [1.807, 2.05) is 41.7 Å². The molecule has 0 atom stereocenters. The monoisotopic (exact) mass is 418 g/mol. The van der Waals surface area contributed by atoms with Crippen LogP contribution in [0.2, 0.25) is 10.0 Å². The van der Waals surface area contributed by atoms with E-state index in [0.717, 1.165) is 22.5 Å². The van der Waals surface area contributed by atoms with Crippen LogP contribution in [0.5, 0.6) is 0 Å². The summed E-state index contributed by atoms with van der Waals surface area (Å²) >= 11 is 13.9. The lowest BCUT2D eigenvalue weighted by Crippen LogP contribution is -2.23. The minimum absolute atomic E-state index is 0.100. The van der Waals surface area contributed by atoms with E-state index in [1.165, 1.54) is 11.8 Å². The summed E-state index contributed by atoms with van der Waals surface area (Å²) in [7, 11) is 0. The van der Waals surface area contributed by atoms with Gasteiger partial charge in [0.1, 0.15) is 0 Å². The highest BCUT2D eigenvalue weighted by molar-refractivity contribution is 7.98. The predicted molar refractivity (Wildman–Crippen MR) is 111 cm³/mol. The molecule has 2 heterocycles. The van der Waals surface area contributed by atoms with E-state index in [-0.39, 0.29) is 5.56 Å². The fourth-order valence-electron chi connectivity index (χ4n) is 3.04. The number of rotatable bonds is 5. The van der Waals surface area contributed by atoms with Crippen LogP contribution < -0.4 is 5.56 Å². The first-order valence-corrected chi connectivity index (χ1v) is 10.3. The van der Waals surface area contributed by atoms with Gasteiger partial charge in [0.25, 0.3) is 5.56 Å². The molecule has 27 heavy (non-hydrogen) atoms. The fourth-order valence-corrected chi connectivity index (χ4v) is 4.43. The van der Waals surface area contributed by atoms with Crippen LogP contribution in [0, 0.1) is 0 Å². The molecule has 8 heteroatoms. The maximum Gasteiger partial charge on any atom is 0.262 e. The lowest BCUT2D eigenvalue weighted by atomic mass is 10.2. The molecule has 0 saturated heterocycles. The van der Waals surface area contributed by atoms with Crippen LogP contribution in [-0.2, 0) is 12.3 Å². The van der Waals surface area contributed by atoms with Gasteiger partial charge in [-0.05, 0) is 36.2 Å². The second-order valence-corrected chi connectivity index (χ2v) is 7.90. The van der Waals surface area contributed by atoms with E-state index in [4.69, 9.17) is 23.2 Å². The Bertz CT molecular complexity index is 1200. The zero-order chi connectivity index (χ0) is 19.0. The van der Waals surface area contributed by atoms with E-state index in [2.05, 4.69) is 10.2 Å². The molecule has 2 aromatic heterocycles. The minimum atomic E-state index is -0.100. The van der Waals surface area contributed by atoms with Gasteiger partial charge < -0.3 is 0 Å². The number of hydrogen-bond donors (Lipinski definition) is 0. The van der Waals surface area contributed by atoms with Crippen molar-refractivity contribution in [3.05, 3.63) is 68.4 Å². The zero-order valence-corrected chi connectivity index (χ0v) is 16.9. The molecule has 2 aromatic carbocycles. The molecule has 138 valence electrons. The summed E-state index contributed by atoms with van der Waals surface area (Å²) in [6.07, 6.45) is 0.816. The van der Waals surface area contributed by atoms with Crippen molar-refractivity contribution in [2.75, 3.05) is 0 Å². The summed E-state index contributed by atoms with van der Waals surface area (Å²) in [5.74, 6) is 1.20. The summed E-state index contributed by atoms with van der Waals surface area (Å²) in [5, 5.41) is 11.1. The van der Waals surface area contributed by atoms with Crippen molar-refractivity contribution < 1.29 is 0 Å². The Hall–Kier alpha value is -2.02. The summed E-state index contributed by atoms with van der Waals surface area (Å²) in [6.45, 7) is 2.59.